The van der Waals surface area contributed by atoms with E-state index in [1.54, 1.807) is 6.08 Å². The molecular weight excluding hydrogens is 240 g/mol. The van der Waals surface area contributed by atoms with Gasteiger partial charge in [-0.2, -0.15) is 0 Å². The molecule has 0 aromatic heterocycles. The number of carbonyl (C=O) groups is 1. The van der Waals surface area contributed by atoms with Gasteiger partial charge in [0.05, 0.1) is 5.56 Å². The summed E-state index contributed by atoms with van der Waals surface area (Å²) in [5.74, 6) is -1.96. The Balaban J connectivity index is 2.57. The summed E-state index contributed by atoms with van der Waals surface area (Å²) < 4.78 is 26.6. The van der Waals surface area contributed by atoms with Crippen molar-refractivity contribution in [2.75, 3.05) is 6.54 Å². The van der Waals surface area contributed by atoms with Crippen LogP contribution in [-0.2, 0) is 4.79 Å². The van der Waals surface area contributed by atoms with Crippen molar-refractivity contribution < 1.29 is 18.7 Å². The maximum Gasteiger partial charge on any atom is 0.220 e. The number of hydrogen-bond acceptors (Lipinski definition) is 2. The zero-order valence-electron chi connectivity index (χ0n) is 9.83. The van der Waals surface area contributed by atoms with Gasteiger partial charge in [0.25, 0.3) is 0 Å². The van der Waals surface area contributed by atoms with Gasteiger partial charge >= 0.3 is 0 Å². The van der Waals surface area contributed by atoms with E-state index in [0.29, 0.717) is 6.42 Å². The predicted octanol–water partition coefficient (Wildman–Crippen LogP) is 2.08. The first-order valence-electron chi connectivity index (χ1n) is 5.55. The lowest BCUT2D eigenvalue weighted by Crippen LogP contribution is -2.28. The maximum absolute atomic E-state index is 13.3. The molecule has 0 spiro atoms. The minimum atomic E-state index is -1.40. The summed E-state index contributed by atoms with van der Waals surface area (Å²) in [4.78, 5) is 11.3. The predicted molar refractivity (Wildman–Crippen MR) is 63.8 cm³/mol. The van der Waals surface area contributed by atoms with Crippen LogP contribution in [0.1, 0.15) is 24.5 Å². The van der Waals surface area contributed by atoms with Crippen LogP contribution in [-0.4, -0.2) is 17.6 Å². The van der Waals surface area contributed by atoms with Crippen molar-refractivity contribution >= 4 is 5.91 Å². The molecule has 98 valence electrons. The van der Waals surface area contributed by atoms with Gasteiger partial charge in [0.1, 0.15) is 17.7 Å². The van der Waals surface area contributed by atoms with Crippen LogP contribution >= 0.6 is 0 Å². The number of benzene rings is 1. The SMILES string of the molecule is C=CCCC(=O)NCC(O)c1c(F)cccc1F. The zero-order valence-corrected chi connectivity index (χ0v) is 9.83. The number of aliphatic hydroxyl groups excluding tert-OH is 1. The van der Waals surface area contributed by atoms with E-state index in [-0.39, 0.29) is 18.9 Å². The molecule has 5 heteroatoms. The summed E-state index contributed by atoms with van der Waals surface area (Å²) in [6.45, 7) is 3.24. The largest absolute Gasteiger partial charge is 0.386 e. The number of hydrogen-bond donors (Lipinski definition) is 2. The molecule has 0 aliphatic heterocycles. The second-order valence-corrected chi connectivity index (χ2v) is 3.78. The molecule has 0 saturated carbocycles. The van der Waals surface area contributed by atoms with E-state index in [4.69, 9.17) is 0 Å². The molecule has 0 aliphatic rings. The Morgan fingerprint density at radius 1 is 1.44 bits per heavy atom. The first kappa shape index (κ1) is 14.3. The Kier molecular flexibility index (Phi) is 5.45. The number of rotatable bonds is 6. The molecule has 0 radical (unpaired) electrons. The molecule has 1 atom stereocenters. The maximum atomic E-state index is 13.3. The normalized spacial score (nSPS) is 11.9. The van der Waals surface area contributed by atoms with Crippen LogP contribution < -0.4 is 5.32 Å². The third-order valence-corrected chi connectivity index (χ3v) is 2.40. The van der Waals surface area contributed by atoms with Gasteiger partial charge in [0.2, 0.25) is 5.91 Å². The minimum absolute atomic E-state index is 0.228. The Bertz CT molecular complexity index is 415. The molecule has 1 aromatic rings. The smallest absolute Gasteiger partial charge is 0.220 e. The summed E-state index contributed by atoms with van der Waals surface area (Å²) in [6, 6.07) is 3.33. The number of carbonyl (C=O) groups excluding carboxylic acids is 1. The lowest BCUT2D eigenvalue weighted by molar-refractivity contribution is -0.121. The van der Waals surface area contributed by atoms with Gasteiger partial charge in [-0.15, -0.1) is 6.58 Å². The lowest BCUT2D eigenvalue weighted by Gasteiger charge is -2.13. The van der Waals surface area contributed by atoms with Crippen LogP contribution in [0.15, 0.2) is 30.9 Å². The topological polar surface area (TPSA) is 49.3 Å². The van der Waals surface area contributed by atoms with E-state index in [1.807, 2.05) is 0 Å². The summed E-state index contributed by atoms with van der Waals surface area (Å²) in [5, 5.41) is 12.0. The third kappa shape index (κ3) is 3.92. The van der Waals surface area contributed by atoms with Gasteiger partial charge in [-0.25, -0.2) is 8.78 Å². The zero-order chi connectivity index (χ0) is 13.5. The number of nitrogens with one attached hydrogen (secondary N) is 1. The standard InChI is InChI=1S/C13H15F2NO2/c1-2-3-7-12(18)16-8-11(17)13-9(14)5-4-6-10(13)15/h2,4-6,11,17H,1,3,7-8H2,(H,16,18). The Labute approximate surface area is 104 Å². The Morgan fingerprint density at radius 2 is 2.06 bits per heavy atom. The minimum Gasteiger partial charge on any atom is -0.386 e. The van der Waals surface area contributed by atoms with Crippen LogP contribution in [0.25, 0.3) is 0 Å². The van der Waals surface area contributed by atoms with Gasteiger partial charge in [-0.3, -0.25) is 4.79 Å². The summed E-state index contributed by atoms with van der Waals surface area (Å²) in [5.41, 5.74) is -0.429. The highest BCUT2D eigenvalue weighted by Crippen LogP contribution is 2.19. The van der Waals surface area contributed by atoms with Crippen LogP contribution in [0.3, 0.4) is 0 Å². The molecule has 0 fully saturated rings. The fourth-order valence-electron chi connectivity index (χ4n) is 1.46. The van der Waals surface area contributed by atoms with E-state index in [2.05, 4.69) is 11.9 Å². The highest BCUT2D eigenvalue weighted by Gasteiger charge is 2.18. The number of amides is 1. The van der Waals surface area contributed by atoms with Gasteiger partial charge in [-0.1, -0.05) is 12.1 Å². The molecule has 0 aliphatic carbocycles. The van der Waals surface area contributed by atoms with E-state index in [9.17, 15) is 18.7 Å². The molecule has 1 amide bonds. The monoisotopic (exact) mass is 255 g/mol. The summed E-state index contributed by atoms with van der Waals surface area (Å²) in [7, 11) is 0. The van der Waals surface area contributed by atoms with Crippen molar-refractivity contribution in [3.8, 4) is 0 Å². The average molecular weight is 255 g/mol. The fourth-order valence-corrected chi connectivity index (χ4v) is 1.46. The lowest BCUT2D eigenvalue weighted by atomic mass is 10.1. The fraction of sp³-hybridized carbons (Fsp3) is 0.308. The second-order valence-electron chi connectivity index (χ2n) is 3.78. The Morgan fingerprint density at radius 3 is 2.61 bits per heavy atom. The van der Waals surface area contributed by atoms with Crippen molar-refractivity contribution in [3.63, 3.8) is 0 Å². The quantitative estimate of drug-likeness (QED) is 0.765. The van der Waals surface area contributed by atoms with Gasteiger partial charge in [0.15, 0.2) is 0 Å². The van der Waals surface area contributed by atoms with Crippen LogP contribution in [0.4, 0.5) is 8.78 Å². The number of aliphatic hydroxyl groups is 1. The highest BCUT2D eigenvalue weighted by molar-refractivity contribution is 5.76. The van der Waals surface area contributed by atoms with E-state index in [1.165, 1.54) is 6.07 Å². The van der Waals surface area contributed by atoms with Crippen molar-refractivity contribution in [2.45, 2.75) is 18.9 Å². The number of halogens is 2. The summed E-state index contributed by atoms with van der Waals surface area (Å²) in [6.07, 6.45) is 0.928. The first-order chi connectivity index (χ1) is 8.56. The van der Waals surface area contributed by atoms with Crippen molar-refractivity contribution in [1.29, 1.82) is 0 Å². The van der Waals surface area contributed by atoms with Crippen molar-refractivity contribution in [2.24, 2.45) is 0 Å². The third-order valence-electron chi connectivity index (χ3n) is 2.40. The molecule has 2 N–H and O–H groups in total. The molecule has 1 aromatic carbocycles. The highest BCUT2D eigenvalue weighted by atomic mass is 19.1. The molecule has 0 heterocycles. The summed E-state index contributed by atoms with van der Waals surface area (Å²) >= 11 is 0. The molecule has 0 bridgehead atoms. The molecular formula is C13H15F2NO2. The first-order valence-corrected chi connectivity index (χ1v) is 5.55. The molecule has 1 unspecified atom stereocenters. The Hall–Kier alpha value is -1.75. The molecule has 0 saturated heterocycles. The van der Waals surface area contributed by atoms with Gasteiger partial charge in [-0.05, 0) is 18.6 Å². The van der Waals surface area contributed by atoms with Crippen LogP contribution in [0.2, 0.25) is 0 Å². The van der Waals surface area contributed by atoms with Gasteiger partial charge < -0.3 is 10.4 Å². The van der Waals surface area contributed by atoms with E-state index >= 15 is 0 Å². The van der Waals surface area contributed by atoms with E-state index in [0.717, 1.165) is 12.1 Å². The van der Waals surface area contributed by atoms with Crippen molar-refractivity contribution in [1.82, 2.24) is 5.32 Å². The molecule has 18 heavy (non-hydrogen) atoms. The van der Waals surface area contributed by atoms with Gasteiger partial charge in [0, 0.05) is 13.0 Å². The van der Waals surface area contributed by atoms with Crippen LogP contribution in [0.5, 0.6) is 0 Å². The van der Waals surface area contributed by atoms with E-state index < -0.39 is 23.3 Å². The van der Waals surface area contributed by atoms with Crippen LogP contribution in [0, 0.1) is 11.6 Å². The second kappa shape index (κ2) is 6.86. The van der Waals surface area contributed by atoms with Crippen molar-refractivity contribution in [3.05, 3.63) is 48.1 Å². The molecule has 3 nitrogen and oxygen atoms in total. The average Bonchev–Trinajstić information content (AvgIpc) is 2.33. The number of allylic oxidation sites excluding steroid dienone is 1. The molecule has 1 rings (SSSR count).